The van der Waals surface area contributed by atoms with Gasteiger partial charge in [-0.2, -0.15) is 0 Å². The summed E-state index contributed by atoms with van der Waals surface area (Å²) in [5, 5.41) is 15.1. The maximum Gasteiger partial charge on any atom is 0.315 e. The summed E-state index contributed by atoms with van der Waals surface area (Å²) in [4.78, 5) is 11.9. The molecular formula is C15H21BrN2O2. The van der Waals surface area contributed by atoms with Crippen LogP contribution in [0.2, 0.25) is 0 Å². The molecule has 0 saturated heterocycles. The largest absolute Gasteiger partial charge is 0.396 e. The minimum absolute atomic E-state index is 0.00683. The van der Waals surface area contributed by atoms with Gasteiger partial charge in [0, 0.05) is 16.4 Å². The number of aliphatic hydroxyl groups is 1. The van der Waals surface area contributed by atoms with E-state index in [1.807, 2.05) is 31.2 Å². The van der Waals surface area contributed by atoms with Crippen LogP contribution in [0, 0.1) is 5.41 Å². The first-order chi connectivity index (χ1) is 9.58. The van der Waals surface area contributed by atoms with Crippen LogP contribution in [-0.4, -0.2) is 24.3 Å². The second kappa shape index (κ2) is 6.59. The van der Waals surface area contributed by atoms with E-state index in [2.05, 4.69) is 26.6 Å². The lowest BCUT2D eigenvalue weighted by Crippen LogP contribution is -2.41. The summed E-state index contributed by atoms with van der Waals surface area (Å²) in [5.74, 6) is 0. The summed E-state index contributed by atoms with van der Waals surface area (Å²) in [6, 6.07) is 7.81. The van der Waals surface area contributed by atoms with Crippen molar-refractivity contribution < 1.29 is 9.90 Å². The standard InChI is InChI=1S/C15H21BrN2O2/c1-2-13(11-3-5-12(16)6-4-11)18-14(20)17-9-15(10-19)7-8-15/h3-6,13,19H,2,7-10H2,1H3,(H2,17,18,20). The number of benzene rings is 1. The molecule has 3 N–H and O–H groups in total. The third-order valence-corrected chi connectivity index (χ3v) is 4.43. The van der Waals surface area contributed by atoms with Crippen molar-refractivity contribution in [3.8, 4) is 0 Å². The van der Waals surface area contributed by atoms with E-state index in [1.54, 1.807) is 0 Å². The molecule has 0 bridgehead atoms. The van der Waals surface area contributed by atoms with Crippen LogP contribution in [0.3, 0.4) is 0 Å². The van der Waals surface area contributed by atoms with Gasteiger partial charge in [0.25, 0.3) is 0 Å². The highest BCUT2D eigenvalue weighted by Gasteiger charge is 2.42. The second-order valence-electron chi connectivity index (χ2n) is 5.50. The zero-order valence-electron chi connectivity index (χ0n) is 11.7. The fourth-order valence-electron chi connectivity index (χ4n) is 2.16. The lowest BCUT2D eigenvalue weighted by molar-refractivity contribution is 0.202. The van der Waals surface area contributed by atoms with Gasteiger partial charge in [0.15, 0.2) is 0 Å². The van der Waals surface area contributed by atoms with Gasteiger partial charge in [0.1, 0.15) is 0 Å². The first kappa shape index (κ1) is 15.3. The van der Waals surface area contributed by atoms with E-state index in [-0.39, 0.29) is 24.1 Å². The van der Waals surface area contributed by atoms with E-state index in [9.17, 15) is 9.90 Å². The Hall–Kier alpha value is -1.07. The lowest BCUT2D eigenvalue weighted by atomic mass is 10.1. The average Bonchev–Trinajstić information content (AvgIpc) is 3.24. The SMILES string of the molecule is CCC(NC(=O)NCC1(CO)CC1)c1ccc(Br)cc1. The maximum absolute atomic E-state index is 11.9. The molecular weight excluding hydrogens is 320 g/mol. The van der Waals surface area contributed by atoms with Gasteiger partial charge >= 0.3 is 6.03 Å². The molecule has 0 spiro atoms. The van der Waals surface area contributed by atoms with Crippen LogP contribution >= 0.6 is 15.9 Å². The quantitative estimate of drug-likeness (QED) is 0.745. The van der Waals surface area contributed by atoms with E-state index in [1.165, 1.54) is 0 Å². The average molecular weight is 341 g/mol. The van der Waals surface area contributed by atoms with Crippen LogP contribution in [0.5, 0.6) is 0 Å². The van der Waals surface area contributed by atoms with Crippen LogP contribution < -0.4 is 10.6 Å². The van der Waals surface area contributed by atoms with Crippen molar-refractivity contribution in [1.82, 2.24) is 10.6 Å². The van der Waals surface area contributed by atoms with Crippen LogP contribution in [0.15, 0.2) is 28.7 Å². The zero-order valence-corrected chi connectivity index (χ0v) is 13.2. The van der Waals surface area contributed by atoms with Gasteiger partial charge in [-0.1, -0.05) is 35.0 Å². The van der Waals surface area contributed by atoms with Crippen molar-refractivity contribution in [1.29, 1.82) is 0 Å². The van der Waals surface area contributed by atoms with Crippen molar-refractivity contribution in [2.45, 2.75) is 32.2 Å². The first-order valence-electron chi connectivity index (χ1n) is 6.99. The maximum atomic E-state index is 11.9. The topological polar surface area (TPSA) is 61.4 Å². The Bertz CT molecular complexity index is 457. The summed E-state index contributed by atoms with van der Waals surface area (Å²) >= 11 is 3.41. The van der Waals surface area contributed by atoms with E-state index in [0.717, 1.165) is 29.3 Å². The molecule has 2 amide bonds. The summed E-state index contributed by atoms with van der Waals surface area (Å²) in [6.07, 6.45) is 2.82. The highest BCUT2D eigenvalue weighted by atomic mass is 79.9. The fourth-order valence-corrected chi connectivity index (χ4v) is 2.43. The normalized spacial score (nSPS) is 17.4. The van der Waals surface area contributed by atoms with Crippen LogP contribution in [0.4, 0.5) is 4.79 Å². The number of rotatable bonds is 6. The number of hydrogen-bond acceptors (Lipinski definition) is 2. The Kier molecular flexibility index (Phi) is 5.05. The smallest absolute Gasteiger partial charge is 0.315 e. The molecule has 0 aromatic heterocycles. The minimum Gasteiger partial charge on any atom is -0.396 e. The molecule has 1 aliphatic carbocycles. The Labute approximate surface area is 128 Å². The van der Waals surface area contributed by atoms with Crippen LogP contribution in [0.1, 0.15) is 37.8 Å². The third kappa shape index (κ3) is 3.96. The highest BCUT2D eigenvalue weighted by Crippen LogP contribution is 2.44. The van der Waals surface area contributed by atoms with Gasteiger partial charge in [0.2, 0.25) is 0 Å². The van der Waals surface area contributed by atoms with Gasteiger partial charge < -0.3 is 15.7 Å². The molecule has 1 aromatic carbocycles. The van der Waals surface area contributed by atoms with Crippen molar-refractivity contribution >= 4 is 22.0 Å². The van der Waals surface area contributed by atoms with E-state index >= 15 is 0 Å². The van der Waals surface area contributed by atoms with Crippen molar-refractivity contribution in [2.75, 3.05) is 13.2 Å². The Balaban J connectivity index is 1.86. The van der Waals surface area contributed by atoms with E-state index in [0.29, 0.717) is 6.54 Å². The predicted octanol–water partition coefficient (Wildman–Crippen LogP) is 2.97. The number of carbonyl (C=O) groups excluding carboxylic acids is 1. The molecule has 2 rings (SSSR count). The molecule has 1 aromatic rings. The van der Waals surface area contributed by atoms with Crippen molar-refractivity contribution in [2.24, 2.45) is 5.41 Å². The van der Waals surface area contributed by atoms with E-state index < -0.39 is 0 Å². The van der Waals surface area contributed by atoms with Crippen molar-refractivity contribution in [3.05, 3.63) is 34.3 Å². The monoisotopic (exact) mass is 340 g/mol. The van der Waals surface area contributed by atoms with Gasteiger partial charge in [-0.25, -0.2) is 4.79 Å². The minimum atomic E-state index is -0.167. The third-order valence-electron chi connectivity index (χ3n) is 3.90. The second-order valence-corrected chi connectivity index (χ2v) is 6.41. The molecule has 0 radical (unpaired) electrons. The number of urea groups is 1. The predicted molar refractivity (Wildman–Crippen MR) is 82.5 cm³/mol. The summed E-state index contributed by atoms with van der Waals surface area (Å²) in [7, 11) is 0. The summed E-state index contributed by atoms with van der Waals surface area (Å²) < 4.78 is 1.03. The molecule has 0 aliphatic heterocycles. The van der Waals surface area contributed by atoms with Gasteiger partial charge in [-0.3, -0.25) is 0 Å². The van der Waals surface area contributed by atoms with E-state index in [4.69, 9.17) is 0 Å². The molecule has 5 heteroatoms. The van der Waals surface area contributed by atoms with Crippen LogP contribution in [-0.2, 0) is 0 Å². The van der Waals surface area contributed by atoms with Gasteiger partial charge in [0.05, 0.1) is 12.6 Å². The number of nitrogens with one attached hydrogen (secondary N) is 2. The Morgan fingerprint density at radius 1 is 1.40 bits per heavy atom. The molecule has 0 heterocycles. The van der Waals surface area contributed by atoms with Gasteiger partial charge in [-0.05, 0) is 37.0 Å². The Morgan fingerprint density at radius 2 is 2.05 bits per heavy atom. The number of hydrogen-bond donors (Lipinski definition) is 3. The number of halogens is 1. The number of carbonyl (C=O) groups is 1. The molecule has 1 atom stereocenters. The molecule has 1 saturated carbocycles. The number of amides is 2. The number of aliphatic hydroxyl groups excluding tert-OH is 1. The highest BCUT2D eigenvalue weighted by molar-refractivity contribution is 9.10. The molecule has 20 heavy (non-hydrogen) atoms. The molecule has 110 valence electrons. The fraction of sp³-hybridized carbons (Fsp3) is 0.533. The molecule has 4 nitrogen and oxygen atoms in total. The van der Waals surface area contributed by atoms with Crippen LogP contribution in [0.25, 0.3) is 0 Å². The lowest BCUT2D eigenvalue weighted by Gasteiger charge is -2.19. The summed E-state index contributed by atoms with van der Waals surface area (Å²) in [6.45, 7) is 2.74. The summed E-state index contributed by atoms with van der Waals surface area (Å²) in [5.41, 5.74) is 1.03. The Morgan fingerprint density at radius 3 is 2.55 bits per heavy atom. The van der Waals surface area contributed by atoms with Gasteiger partial charge in [-0.15, -0.1) is 0 Å². The zero-order chi connectivity index (χ0) is 14.6. The molecule has 1 unspecified atom stereocenters. The van der Waals surface area contributed by atoms with Crippen molar-refractivity contribution in [3.63, 3.8) is 0 Å². The molecule has 1 aliphatic rings. The first-order valence-corrected chi connectivity index (χ1v) is 7.78. The molecule has 1 fully saturated rings.